The third-order valence-electron chi connectivity index (χ3n) is 3.54. The molecule has 1 aromatic rings. The molecule has 1 fully saturated rings. The van der Waals surface area contributed by atoms with Crippen molar-refractivity contribution >= 4 is 21.7 Å². The first kappa shape index (κ1) is 16.7. The normalized spacial score (nSPS) is 17.2. The van der Waals surface area contributed by atoms with Crippen LogP contribution < -0.4 is 10.0 Å². The summed E-state index contributed by atoms with van der Waals surface area (Å²) in [6.07, 6.45) is 2.78. The largest absolute Gasteiger partial charge is 0.392 e. The lowest BCUT2D eigenvalue weighted by atomic mass is 10.1. The molecule has 7 nitrogen and oxygen atoms in total. The fraction of sp³-hybridized carbons (Fsp3) is 0.571. The van der Waals surface area contributed by atoms with E-state index in [1.54, 1.807) is 13.0 Å². The third kappa shape index (κ3) is 4.41. The van der Waals surface area contributed by atoms with Gasteiger partial charge in [-0.05, 0) is 31.9 Å². The Morgan fingerprint density at radius 2 is 2.09 bits per heavy atom. The van der Waals surface area contributed by atoms with Gasteiger partial charge in [0.15, 0.2) is 5.03 Å². The molecule has 22 heavy (non-hydrogen) atoms. The molecule has 0 saturated heterocycles. The topological polar surface area (TPSA) is 108 Å². The van der Waals surface area contributed by atoms with E-state index < -0.39 is 22.0 Å². The Labute approximate surface area is 130 Å². The minimum absolute atomic E-state index is 0.213. The maximum Gasteiger partial charge on any atom is 0.281 e. The number of aliphatic hydroxyl groups excluding tert-OH is 1. The summed E-state index contributed by atoms with van der Waals surface area (Å²) in [4.78, 5) is 15.9. The van der Waals surface area contributed by atoms with Gasteiger partial charge in [-0.15, -0.1) is 0 Å². The van der Waals surface area contributed by atoms with E-state index in [1.165, 1.54) is 12.1 Å². The Balaban J connectivity index is 2.08. The van der Waals surface area contributed by atoms with Crippen LogP contribution in [0, 0.1) is 5.92 Å². The molecule has 1 aliphatic rings. The van der Waals surface area contributed by atoms with Crippen LogP contribution in [0.4, 0.5) is 5.82 Å². The van der Waals surface area contributed by atoms with Gasteiger partial charge < -0.3 is 10.4 Å². The van der Waals surface area contributed by atoms with Crippen LogP contribution in [0.15, 0.2) is 23.2 Å². The summed E-state index contributed by atoms with van der Waals surface area (Å²) in [6.45, 7) is 1.86. The van der Waals surface area contributed by atoms with Crippen LogP contribution in [0.5, 0.6) is 0 Å². The number of hydrogen-bond acceptors (Lipinski definition) is 6. The highest BCUT2D eigenvalue weighted by Gasteiger charge is 2.27. The van der Waals surface area contributed by atoms with Crippen LogP contribution in [0.25, 0.3) is 0 Å². The fourth-order valence-corrected chi connectivity index (χ4v) is 3.38. The number of nitrogens with one attached hydrogen (secondary N) is 2. The predicted molar refractivity (Wildman–Crippen MR) is 81.7 cm³/mol. The molecule has 1 aromatic heterocycles. The summed E-state index contributed by atoms with van der Waals surface area (Å²) < 4.78 is 26.5. The van der Waals surface area contributed by atoms with Crippen molar-refractivity contribution in [1.29, 1.82) is 0 Å². The van der Waals surface area contributed by atoms with Crippen LogP contribution in [0.3, 0.4) is 0 Å². The molecule has 0 spiro atoms. The van der Waals surface area contributed by atoms with Gasteiger partial charge >= 0.3 is 0 Å². The lowest BCUT2D eigenvalue weighted by Gasteiger charge is -2.12. The molecule has 8 heteroatoms. The summed E-state index contributed by atoms with van der Waals surface area (Å²) >= 11 is 0. The number of rotatable bonds is 6. The van der Waals surface area contributed by atoms with Gasteiger partial charge in [0.25, 0.3) is 10.0 Å². The van der Waals surface area contributed by atoms with Gasteiger partial charge in [0.2, 0.25) is 5.91 Å². The van der Waals surface area contributed by atoms with Gasteiger partial charge in [-0.2, -0.15) is 8.42 Å². The SMILES string of the molecule is CC(O)CNc1cccc(S(=O)(=O)NC(=O)C2CCCC2)n1. The van der Waals surface area contributed by atoms with Gasteiger partial charge in [-0.3, -0.25) is 4.79 Å². The first-order valence-corrected chi connectivity index (χ1v) is 8.82. The van der Waals surface area contributed by atoms with Crippen LogP contribution in [-0.2, 0) is 14.8 Å². The quantitative estimate of drug-likeness (QED) is 0.715. The van der Waals surface area contributed by atoms with Crippen LogP contribution in [0.1, 0.15) is 32.6 Å². The summed E-state index contributed by atoms with van der Waals surface area (Å²) in [5.74, 6) is -0.356. The van der Waals surface area contributed by atoms with Crippen molar-refractivity contribution in [2.45, 2.75) is 43.7 Å². The fourth-order valence-electron chi connectivity index (χ4n) is 2.37. The first-order chi connectivity index (χ1) is 10.4. The lowest BCUT2D eigenvalue weighted by Crippen LogP contribution is -2.35. The van der Waals surface area contributed by atoms with Gasteiger partial charge in [0, 0.05) is 12.5 Å². The van der Waals surface area contributed by atoms with Gasteiger partial charge in [0.1, 0.15) is 5.82 Å². The average Bonchev–Trinajstić information content (AvgIpc) is 2.99. The zero-order valence-corrected chi connectivity index (χ0v) is 13.3. The minimum Gasteiger partial charge on any atom is -0.392 e. The number of carbonyl (C=O) groups is 1. The van der Waals surface area contributed by atoms with Gasteiger partial charge in [-0.1, -0.05) is 18.9 Å². The maximum absolute atomic E-state index is 12.2. The molecule has 0 aliphatic heterocycles. The van der Waals surface area contributed by atoms with Crippen molar-refractivity contribution in [3.05, 3.63) is 18.2 Å². The van der Waals surface area contributed by atoms with E-state index in [0.717, 1.165) is 25.7 Å². The highest BCUT2D eigenvalue weighted by molar-refractivity contribution is 7.90. The van der Waals surface area contributed by atoms with E-state index in [-0.39, 0.29) is 17.5 Å². The molecule has 0 radical (unpaired) electrons. The van der Waals surface area contributed by atoms with Gasteiger partial charge in [0.05, 0.1) is 6.10 Å². The number of aliphatic hydroxyl groups is 1. The lowest BCUT2D eigenvalue weighted by molar-refractivity contribution is -0.122. The highest BCUT2D eigenvalue weighted by Crippen LogP contribution is 2.25. The highest BCUT2D eigenvalue weighted by atomic mass is 32.2. The Morgan fingerprint density at radius 3 is 2.73 bits per heavy atom. The van der Waals surface area contributed by atoms with E-state index in [4.69, 9.17) is 0 Å². The van der Waals surface area contributed by atoms with Gasteiger partial charge in [-0.25, -0.2) is 9.71 Å². The number of pyridine rings is 1. The average molecular weight is 327 g/mol. The molecule has 1 aliphatic carbocycles. The number of amides is 1. The molecule has 0 aromatic carbocycles. The second kappa shape index (κ2) is 7.06. The molecular formula is C14H21N3O4S. The number of hydrogen-bond donors (Lipinski definition) is 3. The van der Waals surface area contributed by atoms with Crippen LogP contribution in [-0.4, -0.2) is 37.1 Å². The Bertz CT molecular complexity index is 625. The zero-order chi connectivity index (χ0) is 16.2. The number of sulfonamides is 1. The monoisotopic (exact) mass is 327 g/mol. The molecule has 2 rings (SSSR count). The molecule has 1 heterocycles. The summed E-state index contributed by atoms with van der Waals surface area (Å²) in [7, 11) is -3.97. The van der Waals surface area contributed by atoms with Crippen molar-refractivity contribution in [3.63, 3.8) is 0 Å². The molecule has 1 atom stereocenters. The molecular weight excluding hydrogens is 306 g/mol. The predicted octanol–water partition coefficient (Wildman–Crippen LogP) is 0.869. The molecule has 0 bridgehead atoms. The smallest absolute Gasteiger partial charge is 0.281 e. The second-order valence-corrected chi connectivity index (χ2v) is 7.17. The van der Waals surface area contributed by atoms with Crippen molar-refractivity contribution in [2.75, 3.05) is 11.9 Å². The number of aromatic nitrogens is 1. The Morgan fingerprint density at radius 1 is 1.41 bits per heavy atom. The van der Waals surface area contributed by atoms with Crippen molar-refractivity contribution in [2.24, 2.45) is 5.92 Å². The van der Waals surface area contributed by atoms with Crippen LogP contribution >= 0.6 is 0 Å². The number of anilines is 1. The standard InChI is InChI=1S/C14H21N3O4S/c1-10(18)9-15-12-7-4-8-13(16-12)22(20,21)17-14(19)11-5-2-3-6-11/h4,7-8,10-11,18H,2-3,5-6,9H2,1H3,(H,15,16)(H,17,19). The Kier molecular flexibility index (Phi) is 5.36. The molecule has 3 N–H and O–H groups in total. The van der Waals surface area contributed by atoms with E-state index >= 15 is 0 Å². The number of nitrogens with zero attached hydrogens (tertiary/aromatic N) is 1. The summed E-state index contributed by atoms with van der Waals surface area (Å²) in [6, 6.07) is 4.46. The maximum atomic E-state index is 12.2. The van der Waals surface area contributed by atoms with Crippen LogP contribution in [0.2, 0.25) is 0 Å². The van der Waals surface area contributed by atoms with E-state index in [9.17, 15) is 18.3 Å². The van der Waals surface area contributed by atoms with Crippen molar-refractivity contribution in [1.82, 2.24) is 9.71 Å². The molecule has 1 saturated carbocycles. The minimum atomic E-state index is -3.97. The molecule has 1 unspecified atom stereocenters. The third-order valence-corrected chi connectivity index (χ3v) is 4.79. The van der Waals surface area contributed by atoms with E-state index in [2.05, 4.69) is 15.0 Å². The first-order valence-electron chi connectivity index (χ1n) is 7.34. The molecule has 1 amide bonds. The summed E-state index contributed by atoms with van der Waals surface area (Å²) in [5.41, 5.74) is 0. The van der Waals surface area contributed by atoms with Crippen molar-refractivity contribution < 1.29 is 18.3 Å². The number of carbonyl (C=O) groups excluding carboxylic acids is 1. The molecule has 122 valence electrons. The van der Waals surface area contributed by atoms with Crippen molar-refractivity contribution in [3.8, 4) is 0 Å². The summed E-state index contributed by atoms with van der Waals surface area (Å²) in [5, 5.41) is 11.8. The zero-order valence-electron chi connectivity index (χ0n) is 12.4. The van der Waals surface area contributed by atoms with E-state index in [0.29, 0.717) is 5.82 Å². The van der Waals surface area contributed by atoms with E-state index in [1.807, 2.05) is 0 Å². The Hall–Kier alpha value is -1.67. The second-order valence-electron chi connectivity index (χ2n) is 5.54.